The third-order valence-corrected chi connectivity index (χ3v) is 8.16. The van der Waals surface area contributed by atoms with Gasteiger partial charge in [0, 0.05) is 35.7 Å². The fourth-order valence-corrected chi connectivity index (χ4v) is 5.89. The summed E-state index contributed by atoms with van der Waals surface area (Å²) < 4.78 is 22.3. The van der Waals surface area contributed by atoms with Gasteiger partial charge in [-0.15, -0.1) is 0 Å². The molecule has 0 aromatic heterocycles. The molecule has 2 atom stereocenters. The van der Waals surface area contributed by atoms with Crippen molar-refractivity contribution in [1.82, 2.24) is 10.2 Å². The number of amides is 1. The number of hydrogen-bond acceptors (Lipinski definition) is 8. The number of likely N-dealkylation sites (N-methyl/N-ethyl adjacent to an activating group) is 1. The Morgan fingerprint density at radius 2 is 1.73 bits per heavy atom. The van der Waals surface area contributed by atoms with Crippen LogP contribution in [0, 0.1) is 0 Å². The molecule has 5 rings (SSSR count). The Balaban J connectivity index is 1.31. The summed E-state index contributed by atoms with van der Waals surface area (Å²) in [4.78, 5) is 24.9. The number of methoxy groups -OCH3 is 3. The number of nitrogens with one attached hydrogen (secondary N) is 1. The van der Waals surface area contributed by atoms with E-state index in [-0.39, 0.29) is 23.8 Å². The zero-order valence-electron chi connectivity index (χ0n) is 26.1. The molecule has 232 valence electrons. The fraction of sp³-hybridized carbons (Fsp3) is 0.382. The number of fused-ring (bicyclic) bond motifs is 3. The maximum absolute atomic E-state index is 13.0. The van der Waals surface area contributed by atoms with Crippen LogP contribution in [0.3, 0.4) is 0 Å². The minimum absolute atomic E-state index is 0.0654. The summed E-state index contributed by atoms with van der Waals surface area (Å²) in [6, 6.07) is 17.5. The quantitative estimate of drug-likeness (QED) is 0.267. The molecule has 2 aliphatic rings. The highest BCUT2D eigenvalue weighted by Crippen LogP contribution is 2.42. The summed E-state index contributed by atoms with van der Waals surface area (Å²) >= 11 is 0. The van der Waals surface area contributed by atoms with Crippen LogP contribution in [0.5, 0.6) is 23.0 Å². The Bertz CT molecular complexity index is 1550. The lowest BCUT2D eigenvalue weighted by molar-refractivity contribution is 0.0976. The number of ether oxygens (including phenoxy) is 4. The van der Waals surface area contributed by atoms with Gasteiger partial charge in [-0.1, -0.05) is 18.2 Å². The van der Waals surface area contributed by atoms with E-state index < -0.39 is 0 Å². The van der Waals surface area contributed by atoms with Gasteiger partial charge in [-0.3, -0.25) is 20.1 Å². The van der Waals surface area contributed by atoms with Crippen molar-refractivity contribution in [3.63, 3.8) is 0 Å². The maximum atomic E-state index is 13.0. The van der Waals surface area contributed by atoms with Gasteiger partial charge in [0.15, 0.2) is 29.0 Å². The predicted octanol–water partition coefficient (Wildman–Crippen LogP) is 4.04. The van der Waals surface area contributed by atoms with Crippen molar-refractivity contribution in [3.05, 3.63) is 82.4 Å². The number of nitrogens with zero attached hydrogens (tertiary/aromatic N) is 3. The van der Waals surface area contributed by atoms with E-state index in [1.807, 2.05) is 43.3 Å². The minimum Gasteiger partial charge on any atom is -0.493 e. The molecule has 2 heterocycles. The van der Waals surface area contributed by atoms with Crippen molar-refractivity contribution in [2.45, 2.75) is 31.7 Å². The van der Waals surface area contributed by atoms with E-state index in [9.17, 15) is 4.79 Å². The molecule has 0 aliphatic carbocycles. The van der Waals surface area contributed by atoms with E-state index in [0.29, 0.717) is 42.4 Å². The van der Waals surface area contributed by atoms with Crippen LogP contribution in [0.25, 0.3) is 0 Å². The van der Waals surface area contributed by atoms with Crippen LogP contribution >= 0.6 is 0 Å². The molecule has 3 aromatic rings. The molecule has 1 amide bonds. The van der Waals surface area contributed by atoms with Crippen molar-refractivity contribution < 1.29 is 23.7 Å². The van der Waals surface area contributed by atoms with Crippen LogP contribution in [0.15, 0.2) is 64.6 Å². The molecule has 44 heavy (non-hydrogen) atoms. The predicted molar refractivity (Wildman–Crippen MR) is 172 cm³/mol. The SMILES string of the molecule is CCOc1cc2c(cc1OC)C(c1ccc(C(=O)NC(N)=NCCc3ccc(OC)c(OC)c3)cc1)=N[C@@H]1CCN(C)C[C@H]21. The first-order valence-electron chi connectivity index (χ1n) is 14.9. The molecule has 10 heteroatoms. The first-order chi connectivity index (χ1) is 21.3. The Hall–Kier alpha value is -4.57. The second-order valence-electron chi connectivity index (χ2n) is 11.0. The standard InChI is InChI=1S/C34H41N5O5/c1-6-44-31-18-24-25(19-30(31)43-5)32(37-27-14-16-39(2)20-26(24)27)22-8-10-23(11-9-22)33(40)38-34(35)36-15-13-21-7-12-28(41-3)29(17-21)42-4/h7-12,17-19,26-27H,6,13-16,20H2,1-5H3,(H3,35,36,38,40)/t26-,27-/m1/s1. The topological polar surface area (TPSA) is 120 Å². The second kappa shape index (κ2) is 13.8. The van der Waals surface area contributed by atoms with Crippen LogP contribution < -0.4 is 30.0 Å². The van der Waals surface area contributed by atoms with Crippen LogP contribution in [0.4, 0.5) is 0 Å². The lowest BCUT2D eigenvalue weighted by atomic mass is 9.79. The molecule has 3 N–H and O–H groups in total. The summed E-state index contributed by atoms with van der Waals surface area (Å²) in [5.41, 5.74) is 11.6. The van der Waals surface area contributed by atoms with Crippen LogP contribution in [-0.2, 0) is 6.42 Å². The van der Waals surface area contributed by atoms with Crippen molar-refractivity contribution in [2.24, 2.45) is 15.7 Å². The van der Waals surface area contributed by atoms with E-state index in [0.717, 1.165) is 47.7 Å². The van der Waals surface area contributed by atoms with Crippen molar-refractivity contribution in [3.8, 4) is 23.0 Å². The molecule has 0 spiro atoms. The van der Waals surface area contributed by atoms with E-state index in [1.165, 1.54) is 5.56 Å². The van der Waals surface area contributed by atoms with Gasteiger partial charge in [0.05, 0.1) is 39.7 Å². The molecule has 0 saturated carbocycles. The Morgan fingerprint density at radius 1 is 1.00 bits per heavy atom. The normalized spacial score (nSPS) is 18.0. The zero-order chi connectivity index (χ0) is 31.2. The van der Waals surface area contributed by atoms with Gasteiger partial charge in [0.25, 0.3) is 5.91 Å². The molecule has 2 aliphatic heterocycles. The average molecular weight is 600 g/mol. The molecular weight excluding hydrogens is 558 g/mol. The van der Waals surface area contributed by atoms with E-state index in [2.05, 4.69) is 28.3 Å². The minimum atomic E-state index is -0.326. The monoisotopic (exact) mass is 599 g/mol. The summed E-state index contributed by atoms with van der Waals surface area (Å²) in [6.07, 6.45) is 1.61. The number of aliphatic imine (C=N–C) groups is 2. The van der Waals surface area contributed by atoms with Crippen molar-refractivity contribution in [2.75, 3.05) is 54.6 Å². The summed E-state index contributed by atoms with van der Waals surface area (Å²) in [5.74, 6) is 2.76. The highest BCUT2D eigenvalue weighted by Gasteiger charge is 2.36. The molecule has 0 unspecified atom stereocenters. The number of rotatable bonds is 10. The van der Waals surface area contributed by atoms with Gasteiger partial charge in [-0.25, -0.2) is 0 Å². The average Bonchev–Trinajstić information content (AvgIpc) is 3.04. The summed E-state index contributed by atoms with van der Waals surface area (Å²) in [6.45, 7) is 4.87. The number of piperidine rings is 1. The number of carbonyl (C=O) groups is 1. The maximum Gasteiger partial charge on any atom is 0.257 e. The van der Waals surface area contributed by atoms with Gasteiger partial charge in [-0.2, -0.15) is 0 Å². The van der Waals surface area contributed by atoms with Gasteiger partial charge >= 0.3 is 0 Å². The third-order valence-electron chi connectivity index (χ3n) is 8.16. The van der Waals surface area contributed by atoms with Crippen molar-refractivity contribution in [1.29, 1.82) is 0 Å². The molecule has 0 radical (unpaired) electrons. The number of carbonyl (C=O) groups excluding carboxylic acids is 1. The van der Waals surface area contributed by atoms with Crippen LogP contribution in [0.1, 0.15) is 51.9 Å². The molecule has 10 nitrogen and oxygen atoms in total. The van der Waals surface area contributed by atoms with E-state index in [1.54, 1.807) is 33.5 Å². The largest absolute Gasteiger partial charge is 0.493 e. The molecule has 0 bridgehead atoms. The summed E-state index contributed by atoms with van der Waals surface area (Å²) in [7, 11) is 7.01. The fourth-order valence-electron chi connectivity index (χ4n) is 5.89. The number of hydrogen-bond donors (Lipinski definition) is 2. The first kappa shape index (κ1) is 30.9. The van der Waals surface area contributed by atoms with Crippen LogP contribution in [0.2, 0.25) is 0 Å². The highest BCUT2D eigenvalue weighted by atomic mass is 16.5. The van der Waals surface area contributed by atoms with Gasteiger partial charge < -0.3 is 29.6 Å². The van der Waals surface area contributed by atoms with Gasteiger partial charge in [0.2, 0.25) is 0 Å². The Morgan fingerprint density at radius 3 is 2.43 bits per heavy atom. The lowest BCUT2D eigenvalue weighted by Crippen LogP contribution is -2.41. The molecule has 1 saturated heterocycles. The van der Waals surface area contributed by atoms with Gasteiger partial charge in [-0.05, 0) is 80.9 Å². The van der Waals surface area contributed by atoms with Crippen LogP contribution in [-0.4, -0.2) is 83.1 Å². The summed E-state index contributed by atoms with van der Waals surface area (Å²) in [5, 5.41) is 2.69. The number of benzene rings is 3. The highest BCUT2D eigenvalue weighted by molar-refractivity contribution is 6.15. The number of likely N-dealkylation sites (tertiary alicyclic amines) is 1. The Kier molecular flexibility index (Phi) is 9.69. The molecular formula is C34H41N5O5. The van der Waals surface area contributed by atoms with Gasteiger partial charge in [0.1, 0.15) is 0 Å². The van der Waals surface area contributed by atoms with E-state index >= 15 is 0 Å². The van der Waals surface area contributed by atoms with E-state index in [4.69, 9.17) is 29.7 Å². The third kappa shape index (κ3) is 6.65. The number of guanidine groups is 1. The smallest absolute Gasteiger partial charge is 0.257 e. The second-order valence-corrected chi connectivity index (χ2v) is 11.0. The molecule has 3 aromatic carbocycles. The number of nitrogens with two attached hydrogens (primary N) is 1. The lowest BCUT2D eigenvalue weighted by Gasteiger charge is -2.39. The zero-order valence-corrected chi connectivity index (χ0v) is 26.1. The Labute approximate surface area is 258 Å². The van der Waals surface area contributed by atoms with Crippen molar-refractivity contribution >= 4 is 17.6 Å². The first-order valence-corrected chi connectivity index (χ1v) is 14.9. The molecule has 1 fully saturated rings.